The topological polar surface area (TPSA) is 57.2 Å². The lowest BCUT2D eigenvalue weighted by Crippen LogP contribution is -2.26. The summed E-state index contributed by atoms with van der Waals surface area (Å²) in [5.41, 5.74) is 8.22. The van der Waals surface area contributed by atoms with Crippen molar-refractivity contribution in [2.45, 2.75) is 32.9 Å². The van der Waals surface area contributed by atoms with Gasteiger partial charge in [-0.2, -0.15) is 0 Å². The fourth-order valence-corrected chi connectivity index (χ4v) is 2.27. The predicted octanol–water partition coefficient (Wildman–Crippen LogP) is 2.86. The van der Waals surface area contributed by atoms with E-state index in [1.807, 2.05) is 51.1 Å². The van der Waals surface area contributed by atoms with Crippen LogP contribution in [0.1, 0.15) is 32.4 Å². The molecule has 1 aromatic carbocycles. The van der Waals surface area contributed by atoms with E-state index in [0.29, 0.717) is 5.56 Å². The highest BCUT2D eigenvalue weighted by Gasteiger charge is 2.10. The van der Waals surface area contributed by atoms with Crippen molar-refractivity contribution in [2.75, 3.05) is 0 Å². The third-order valence-electron chi connectivity index (χ3n) is 3.35. The summed E-state index contributed by atoms with van der Waals surface area (Å²) in [7, 11) is 1.77. The Morgan fingerprint density at radius 1 is 1.05 bits per heavy atom. The van der Waals surface area contributed by atoms with E-state index in [0.717, 1.165) is 17.0 Å². The van der Waals surface area contributed by atoms with Gasteiger partial charge in [-0.1, -0.05) is 0 Å². The Morgan fingerprint density at radius 2 is 1.67 bits per heavy atom. The van der Waals surface area contributed by atoms with Crippen LogP contribution in [-0.2, 0) is 7.05 Å². The minimum absolute atomic E-state index is 0.0509. The largest absolute Gasteiger partial charge is 0.491 e. The van der Waals surface area contributed by atoms with Gasteiger partial charge in [0.15, 0.2) is 0 Å². The number of benzene rings is 1. The number of nitrogens with two attached hydrogens (primary N) is 1. The average Bonchev–Trinajstić information content (AvgIpc) is 2.42. The zero-order valence-corrected chi connectivity index (χ0v) is 13.0. The molecule has 0 bridgehead atoms. The quantitative estimate of drug-likeness (QED) is 0.940. The summed E-state index contributed by atoms with van der Waals surface area (Å²) >= 11 is 0. The minimum Gasteiger partial charge on any atom is -0.491 e. The molecule has 21 heavy (non-hydrogen) atoms. The van der Waals surface area contributed by atoms with Crippen LogP contribution in [0.25, 0.3) is 11.3 Å². The van der Waals surface area contributed by atoms with E-state index in [9.17, 15) is 4.79 Å². The smallest absolute Gasteiger partial charge is 0.255 e. The van der Waals surface area contributed by atoms with Gasteiger partial charge in [0.2, 0.25) is 0 Å². The molecule has 2 aromatic rings. The van der Waals surface area contributed by atoms with Gasteiger partial charge in [0.05, 0.1) is 11.8 Å². The van der Waals surface area contributed by atoms with Crippen molar-refractivity contribution in [3.63, 3.8) is 0 Å². The Labute approximate surface area is 125 Å². The number of ether oxygens (including phenoxy) is 1. The second-order valence-corrected chi connectivity index (χ2v) is 5.52. The summed E-state index contributed by atoms with van der Waals surface area (Å²) in [6, 6.07) is 11.2. The average molecular weight is 286 g/mol. The number of hydrogen-bond donors (Lipinski definition) is 1. The SMILES string of the molecule is CC(C)Oc1ccc(-c2ccc(C(C)N)c(=O)n2C)cc1. The van der Waals surface area contributed by atoms with Gasteiger partial charge in [-0.15, -0.1) is 0 Å². The van der Waals surface area contributed by atoms with Gasteiger partial charge in [0.1, 0.15) is 5.75 Å². The van der Waals surface area contributed by atoms with Crippen LogP contribution in [0.15, 0.2) is 41.2 Å². The van der Waals surface area contributed by atoms with Crippen LogP contribution in [0, 0.1) is 0 Å². The van der Waals surface area contributed by atoms with Gasteiger partial charge in [0.25, 0.3) is 5.56 Å². The molecule has 1 heterocycles. The van der Waals surface area contributed by atoms with E-state index in [1.54, 1.807) is 17.7 Å². The van der Waals surface area contributed by atoms with Gasteiger partial charge in [-0.3, -0.25) is 4.79 Å². The summed E-state index contributed by atoms with van der Waals surface area (Å²) in [6.07, 6.45) is 0.144. The lowest BCUT2D eigenvalue weighted by atomic mass is 10.1. The second-order valence-electron chi connectivity index (χ2n) is 5.52. The molecule has 0 saturated heterocycles. The molecule has 1 atom stereocenters. The monoisotopic (exact) mass is 286 g/mol. The highest BCUT2D eigenvalue weighted by Crippen LogP contribution is 2.22. The van der Waals surface area contributed by atoms with E-state index >= 15 is 0 Å². The first-order chi connectivity index (χ1) is 9.90. The Morgan fingerprint density at radius 3 is 2.19 bits per heavy atom. The molecule has 0 aliphatic carbocycles. The van der Waals surface area contributed by atoms with E-state index in [4.69, 9.17) is 10.5 Å². The second kappa shape index (κ2) is 6.14. The molecule has 0 amide bonds. The number of aromatic nitrogens is 1. The molecule has 0 radical (unpaired) electrons. The van der Waals surface area contributed by atoms with Crippen molar-refractivity contribution in [3.8, 4) is 17.0 Å². The molecule has 1 unspecified atom stereocenters. The maximum Gasteiger partial charge on any atom is 0.255 e. The summed E-state index contributed by atoms with van der Waals surface area (Å²) < 4.78 is 7.26. The van der Waals surface area contributed by atoms with Crippen molar-refractivity contribution in [3.05, 3.63) is 52.3 Å². The van der Waals surface area contributed by atoms with E-state index in [-0.39, 0.29) is 17.7 Å². The fraction of sp³-hybridized carbons (Fsp3) is 0.353. The van der Waals surface area contributed by atoms with Crippen LogP contribution in [0.2, 0.25) is 0 Å². The fourth-order valence-electron chi connectivity index (χ4n) is 2.27. The normalized spacial score (nSPS) is 12.5. The molecule has 112 valence electrons. The van der Waals surface area contributed by atoms with E-state index in [1.165, 1.54) is 0 Å². The number of hydrogen-bond acceptors (Lipinski definition) is 3. The van der Waals surface area contributed by atoms with E-state index in [2.05, 4.69) is 0 Å². The molecule has 1 aromatic heterocycles. The van der Waals surface area contributed by atoms with Crippen LogP contribution in [0.4, 0.5) is 0 Å². The van der Waals surface area contributed by atoms with Crippen LogP contribution >= 0.6 is 0 Å². The molecule has 0 spiro atoms. The molecule has 2 rings (SSSR count). The Bertz CT molecular complexity index is 670. The Kier molecular flexibility index (Phi) is 4.48. The van der Waals surface area contributed by atoms with E-state index < -0.39 is 0 Å². The van der Waals surface area contributed by atoms with Crippen molar-refractivity contribution >= 4 is 0 Å². The van der Waals surface area contributed by atoms with Crippen LogP contribution in [0.3, 0.4) is 0 Å². The Balaban J connectivity index is 2.39. The number of rotatable bonds is 4. The molecular formula is C17H22N2O2. The van der Waals surface area contributed by atoms with Crippen molar-refractivity contribution in [2.24, 2.45) is 12.8 Å². The third kappa shape index (κ3) is 3.34. The highest BCUT2D eigenvalue weighted by atomic mass is 16.5. The first-order valence-electron chi connectivity index (χ1n) is 7.12. The van der Waals surface area contributed by atoms with Crippen LogP contribution < -0.4 is 16.0 Å². The van der Waals surface area contributed by atoms with Gasteiger partial charge in [-0.25, -0.2) is 0 Å². The number of nitrogens with zero attached hydrogens (tertiary/aromatic N) is 1. The Hall–Kier alpha value is -2.07. The van der Waals surface area contributed by atoms with Gasteiger partial charge in [0, 0.05) is 18.7 Å². The zero-order chi connectivity index (χ0) is 15.6. The predicted molar refractivity (Wildman–Crippen MR) is 85.5 cm³/mol. The maximum absolute atomic E-state index is 12.3. The first kappa shape index (κ1) is 15.3. The van der Waals surface area contributed by atoms with Gasteiger partial charge < -0.3 is 15.0 Å². The van der Waals surface area contributed by atoms with Crippen molar-refractivity contribution < 1.29 is 4.74 Å². The molecule has 0 fully saturated rings. The molecule has 0 saturated carbocycles. The molecule has 2 N–H and O–H groups in total. The molecule has 0 aliphatic rings. The van der Waals surface area contributed by atoms with Gasteiger partial charge >= 0.3 is 0 Å². The number of pyridine rings is 1. The van der Waals surface area contributed by atoms with Crippen LogP contribution in [-0.4, -0.2) is 10.7 Å². The summed E-state index contributed by atoms with van der Waals surface area (Å²) in [6.45, 7) is 5.79. The first-order valence-corrected chi connectivity index (χ1v) is 7.12. The minimum atomic E-state index is -0.264. The highest BCUT2D eigenvalue weighted by molar-refractivity contribution is 5.61. The van der Waals surface area contributed by atoms with Crippen molar-refractivity contribution in [1.82, 2.24) is 4.57 Å². The molecule has 0 aliphatic heterocycles. The zero-order valence-electron chi connectivity index (χ0n) is 13.0. The maximum atomic E-state index is 12.3. The molecular weight excluding hydrogens is 264 g/mol. The molecule has 4 heteroatoms. The lowest BCUT2D eigenvalue weighted by molar-refractivity contribution is 0.242. The van der Waals surface area contributed by atoms with Crippen LogP contribution in [0.5, 0.6) is 5.75 Å². The lowest BCUT2D eigenvalue weighted by Gasteiger charge is -2.13. The summed E-state index contributed by atoms with van der Waals surface area (Å²) in [4.78, 5) is 12.3. The van der Waals surface area contributed by atoms with Gasteiger partial charge in [-0.05, 0) is 62.7 Å². The molecule has 4 nitrogen and oxygen atoms in total. The van der Waals surface area contributed by atoms with Crippen molar-refractivity contribution in [1.29, 1.82) is 0 Å². The standard InChI is InChI=1S/C17H22N2O2/c1-11(2)21-14-7-5-13(6-8-14)16-10-9-15(12(3)18)17(20)19(16)4/h5-12H,18H2,1-4H3. The summed E-state index contributed by atoms with van der Waals surface area (Å²) in [5.74, 6) is 0.825. The summed E-state index contributed by atoms with van der Waals surface area (Å²) in [5, 5.41) is 0. The third-order valence-corrected chi connectivity index (χ3v) is 3.35.